The molecular formula is C19H25N5. The molecule has 1 aromatic heterocycles. The number of H-pyrrole nitrogens is 1. The van der Waals surface area contributed by atoms with Crippen LogP contribution in [0, 0.1) is 17.2 Å². The second-order valence-electron chi connectivity index (χ2n) is 7.04. The fourth-order valence-corrected chi connectivity index (χ4v) is 3.45. The Kier molecular flexibility index (Phi) is 4.86. The van der Waals surface area contributed by atoms with Gasteiger partial charge in [-0.3, -0.25) is 10.00 Å². The summed E-state index contributed by atoms with van der Waals surface area (Å²) in [5.74, 6) is 0.677. The third-order valence-electron chi connectivity index (χ3n) is 4.81. The molecule has 0 saturated carbocycles. The van der Waals surface area contributed by atoms with E-state index in [1.807, 2.05) is 12.3 Å². The number of benzene rings is 1. The fourth-order valence-electron chi connectivity index (χ4n) is 3.45. The average Bonchev–Trinajstić information content (AvgIpc) is 3.10. The van der Waals surface area contributed by atoms with Gasteiger partial charge in [-0.05, 0) is 37.1 Å². The number of rotatable bonds is 4. The molecule has 1 aliphatic rings. The monoisotopic (exact) mass is 323 g/mol. The summed E-state index contributed by atoms with van der Waals surface area (Å²) in [6, 6.07) is 9.05. The van der Waals surface area contributed by atoms with Crippen molar-refractivity contribution in [1.82, 2.24) is 15.1 Å². The first-order chi connectivity index (χ1) is 11.6. The maximum absolute atomic E-state index is 9.62. The summed E-state index contributed by atoms with van der Waals surface area (Å²) in [5, 5.41) is 16.4. The molecule has 0 amide bonds. The van der Waals surface area contributed by atoms with Gasteiger partial charge in [-0.1, -0.05) is 19.9 Å². The first kappa shape index (κ1) is 16.5. The SMILES string of the molecule is CC(C)CC1CN(c2ccc(-c3cn[nH]c3)cc2C#N)CCN1C. The maximum atomic E-state index is 9.62. The van der Waals surface area contributed by atoms with Crippen LogP contribution in [-0.2, 0) is 0 Å². The van der Waals surface area contributed by atoms with Crippen LogP contribution in [0.4, 0.5) is 5.69 Å². The molecule has 24 heavy (non-hydrogen) atoms. The smallest absolute Gasteiger partial charge is 0.101 e. The van der Waals surface area contributed by atoms with Gasteiger partial charge < -0.3 is 4.90 Å². The number of anilines is 1. The van der Waals surface area contributed by atoms with E-state index < -0.39 is 0 Å². The van der Waals surface area contributed by atoms with E-state index in [9.17, 15) is 5.26 Å². The van der Waals surface area contributed by atoms with Crippen LogP contribution < -0.4 is 4.90 Å². The van der Waals surface area contributed by atoms with E-state index in [1.165, 1.54) is 6.42 Å². The predicted octanol–water partition coefficient (Wildman–Crippen LogP) is 3.11. The van der Waals surface area contributed by atoms with E-state index in [0.717, 1.165) is 42.0 Å². The molecule has 0 radical (unpaired) electrons. The molecule has 2 aromatic rings. The van der Waals surface area contributed by atoms with Crippen LogP contribution in [-0.4, -0.2) is 47.8 Å². The van der Waals surface area contributed by atoms with Crippen LogP contribution >= 0.6 is 0 Å². The minimum atomic E-state index is 0.541. The molecule has 1 N–H and O–H groups in total. The first-order valence-electron chi connectivity index (χ1n) is 8.57. The summed E-state index contributed by atoms with van der Waals surface area (Å²) >= 11 is 0. The number of aromatic amines is 1. The van der Waals surface area contributed by atoms with E-state index in [0.29, 0.717) is 12.0 Å². The second kappa shape index (κ2) is 7.06. The quantitative estimate of drug-likeness (QED) is 0.939. The number of hydrogen-bond donors (Lipinski definition) is 1. The van der Waals surface area contributed by atoms with Gasteiger partial charge in [0.05, 0.1) is 17.4 Å². The summed E-state index contributed by atoms with van der Waals surface area (Å²) in [5.41, 5.74) is 3.82. The highest BCUT2D eigenvalue weighted by Gasteiger charge is 2.26. The standard InChI is InChI=1S/C19H25N5/c1-14(2)8-18-13-24(7-6-23(18)3)19-5-4-15(9-16(19)10-20)17-11-21-22-12-17/h4-5,9,11-12,14,18H,6-8,13H2,1-3H3,(H,21,22). The Morgan fingerprint density at radius 2 is 2.17 bits per heavy atom. The third kappa shape index (κ3) is 3.44. The molecule has 2 heterocycles. The normalized spacial score (nSPS) is 18.8. The Balaban J connectivity index is 1.85. The highest BCUT2D eigenvalue weighted by atomic mass is 15.3. The third-order valence-corrected chi connectivity index (χ3v) is 4.81. The molecule has 5 nitrogen and oxygen atoms in total. The van der Waals surface area contributed by atoms with Gasteiger partial charge in [0.1, 0.15) is 6.07 Å². The van der Waals surface area contributed by atoms with Gasteiger partial charge in [-0.2, -0.15) is 10.4 Å². The summed E-state index contributed by atoms with van der Waals surface area (Å²) < 4.78 is 0. The number of nitrogens with one attached hydrogen (secondary N) is 1. The number of nitriles is 1. The highest BCUT2D eigenvalue weighted by Crippen LogP contribution is 2.29. The van der Waals surface area contributed by atoms with Crippen molar-refractivity contribution in [2.24, 2.45) is 5.92 Å². The largest absolute Gasteiger partial charge is 0.368 e. The van der Waals surface area contributed by atoms with Crippen molar-refractivity contribution in [3.05, 3.63) is 36.2 Å². The van der Waals surface area contributed by atoms with Gasteiger partial charge in [0.15, 0.2) is 0 Å². The average molecular weight is 323 g/mol. The lowest BCUT2D eigenvalue weighted by Crippen LogP contribution is -2.52. The molecule has 1 fully saturated rings. The number of aromatic nitrogens is 2. The Hall–Kier alpha value is -2.32. The van der Waals surface area contributed by atoms with Crippen molar-refractivity contribution < 1.29 is 0 Å². The predicted molar refractivity (Wildman–Crippen MR) is 96.8 cm³/mol. The lowest BCUT2D eigenvalue weighted by molar-refractivity contribution is 0.193. The summed E-state index contributed by atoms with van der Waals surface area (Å²) in [4.78, 5) is 4.81. The zero-order valence-corrected chi connectivity index (χ0v) is 14.7. The van der Waals surface area contributed by atoms with E-state index in [4.69, 9.17) is 0 Å². The number of piperazine rings is 1. The van der Waals surface area contributed by atoms with Crippen LogP contribution in [0.25, 0.3) is 11.1 Å². The fraction of sp³-hybridized carbons (Fsp3) is 0.474. The van der Waals surface area contributed by atoms with E-state index in [2.05, 4.69) is 59.1 Å². The zero-order valence-electron chi connectivity index (χ0n) is 14.7. The molecule has 1 unspecified atom stereocenters. The molecular weight excluding hydrogens is 298 g/mol. The van der Waals surface area contributed by atoms with Crippen molar-refractivity contribution in [3.63, 3.8) is 0 Å². The molecule has 1 aliphatic heterocycles. The van der Waals surface area contributed by atoms with Crippen molar-refractivity contribution >= 4 is 5.69 Å². The minimum Gasteiger partial charge on any atom is -0.368 e. The summed E-state index contributed by atoms with van der Waals surface area (Å²) in [6.45, 7) is 7.52. The van der Waals surface area contributed by atoms with E-state index in [1.54, 1.807) is 6.20 Å². The molecule has 0 bridgehead atoms. The lowest BCUT2D eigenvalue weighted by Gasteiger charge is -2.41. The molecule has 0 aliphatic carbocycles. The van der Waals surface area contributed by atoms with Gasteiger partial charge in [0.2, 0.25) is 0 Å². The molecule has 3 rings (SSSR count). The Morgan fingerprint density at radius 3 is 2.83 bits per heavy atom. The summed E-state index contributed by atoms with van der Waals surface area (Å²) in [7, 11) is 2.21. The number of nitrogens with zero attached hydrogens (tertiary/aromatic N) is 4. The second-order valence-corrected chi connectivity index (χ2v) is 7.04. The molecule has 1 atom stereocenters. The zero-order chi connectivity index (χ0) is 17.1. The Labute approximate surface area is 143 Å². The lowest BCUT2D eigenvalue weighted by atomic mass is 9.99. The van der Waals surface area contributed by atoms with Crippen molar-refractivity contribution in [2.45, 2.75) is 26.3 Å². The topological polar surface area (TPSA) is 59.0 Å². The van der Waals surface area contributed by atoms with Crippen LogP contribution in [0.1, 0.15) is 25.8 Å². The molecule has 5 heteroatoms. The van der Waals surface area contributed by atoms with Crippen LogP contribution in [0.3, 0.4) is 0 Å². The molecule has 126 valence electrons. The number of hydrogen-bond acceptors (Lipinski definition) is 4. The molecule has 0 spiro atoms. The Bertz CT molecular complexity index is 714. The van der Waals surface area contributed by atoms with Crippen LogP contribution in [0.15, 0.2) is 30.6 Å². The highest BCUT2D eigenvalue weighted by molar-refractivity contribution is 5.71. The van der Waals surface area contributed by atoms with E-state index in [-0.39, 0.29) is 0 Å². The molecule has 1 saturated heterocycles. The minimum absolute atomic E-state index is 0.541. The Morgan fingerprint density at radius 1 is 1.33 bits per heavy atom. The van der Waals surface area contributed by atoms with Gasteiger partial charge in [0.25, 0.3) is 0 Å². The van der Waals surface area contributed by atoms with Gasteiger partial charge in [-0.15, -0.1) is 0 Å². The summed E-state index contributed by atoms with van der Waals surface area (Å²) in [6.07, 6.45) is 4.82. The van der Waals surface area contributed by atoms with Crippen molar-refractivity contribution in [3.8, 4) is 17.2 Å². The van der Waals surface area contributed by atoms with Gasteiger partial charge in [-0.25, -0.2) is 0 Å². The van der Waals surface area contributed by atoms with Crippen LogP contribution in [0.5, 0.6) is 0 Å². The molecule has 1 aromatic carbocycles. The van der Waals surface area contributed by atoms with Crippen LogP contribution in [0.2, 0.25) is 0 Å². The van der Waals surface area contributed by atoms with Crippen molar-refractivity contribution in [1.29, 1.82) is 5.26 Å². The van der Waals surface area contributed by atoms with Gasteiger partial charge >= 0.3 is 0 Å². The van der Waals surface area contributed by atoms with Crippen molar-refractivity contribution in [2.75, 3.05) is 31.6 Å². The van der Waals surface area contributed by atoms with E-state index >= 15 is 0 Å². The first-order valence-corrected chi connectivity index (χ1v) is 8.57. The number of likely N-dealkylation sites (N-methyl/N-ethyl adjacent to an activating group) is 1. The van der Waals surface area contributed by atoms with Gasteiger partial charge in [0, 0.05) is 37.4 Å². The maximum Gasteiger partial charge on any atom is 0.101 e.